The minimum atomic E-state index is -0.472. The zero-order chi connectivity index (χ0) is 16.8. The first-order valence-electron chi connectivity index (χ1n) is 8.42. The molecule has 0 spiro atoms. The van der Waals surface area contributed by atoms with Crippen LogP contribution < -0.4 is 5.32 Å². The average molecular weight is 327 g/mol. The second kappa shape index (κ2) is 8.02. The molecule has 5 heteroatoms. The Kier molecular flexibility index (Phi) is 5.54. The first-order valence-corrected chi connectivity index (χ1v) is 8.42. The van der Waals surface area contributed by atoms with E-state index in [1.807, 2.05) is 18.2 Å². The molecule has 0 saturated carbocycles. The van der Waals surface area contributed by atoms with Gasteiger partial charge >= 0.3 is 0 Å². The Morgan fingerprint density at radius 2 is 2.00 bits per heavy atom. The van der Waals surface area contributed by atoms with Gasteiger partial charge in [-0.15, -0.1) is 0 Å². The number of carbonyl (C=O) groups is 1. The number of nitrogens with zero attached hydrogens (tertiary/aromatic N) is 2. The lowest BCUT2D eigenvalue weighted by Crippen LogP contribution is -2.41. The van der Waals surface area contributed by atoms with Gasteiger partial charge in [0.2, 0.25) is 0 Å². The third-order valence-electron chi connectivity index (χ3n) is 4.41. The molecule has 1 aliphatic rings. The largest absolute Gasteiger partial charge is 0.330 e. The normalized spacial score (nSPS) is 18.0. The summed E-state index contributed by atoms with van der Waals surface area (Å²) in [6, 6.07) is 11.9. The van der Waals surface area contributed by atoms with Crippen LogP contribution >= 0.6 is 0 Å². The van der Waals surface area contributed by atoms with Gasteiger partial charge in [0, 0.05) is 12.2 Å². The summed E-state index contributed by atoms with van der Waals surface area (Å²) >= 11 is 0. The van der Waals surface area contributed by atoms with Crippen molar-refractivity contribution in [3.8, 4) is 0 Å². The Balaban J connectivity index is 1.88. The highest BCUT2D eigenvalue weighted by molar-refractivity contribution is 5.94. The van der Waals surface area contributed by atoms with E-state index in [1.54, 1.807) is 29.3 Å². The predicted molar refractivity (Wildman–Crippen MR) is 91.0 cm³/mol. The first kappa shape index (κ1) is 16.6. The third-order valence-corrected chi connectivity index (χ3v) is 4.41. The van der Waals surface area contributed by atoms with E-state index in [4.69, 9.17) is 0 Å². The second-order valence-corrected chi connectivity index (χ2v) is 6.07. The molecule has 126 valence electrons. The summed E-state index contributed by atoms with van der Waals surface area (Å²) in [6.45, 7) is 2.23. The van der Waals surface area contributed by atoms with Crippen molar-refractivity contribution in [3.63, 3.8) is 0 Å². The molecule has 1 unspecified atom stereocenters. The standard InChI is InChI=1S/C19H22FN3O/c20-18-9-2-1-8-17(18)19(24)23(14-15-6-3-4-12-22-15)16-7-5-11-21-13-10-16/h1-4,6,8-9,12,16,21H,5,7,10-11,13-14H2. The molecule has 0 radical (unpaired) electrons. The fourth-order valence-corrected chi connectivity index (χ4v) is 3.13. The summed E-state index contributed by atoms with van der Waals surface area (Å²) in [5, 5.41) is 3.36. The van der Waals surface area contributed by atoms with Gasteiger partial charge in [0.05, 0.1) is 17.8 Å². The smallest absolute Gasteiger partial charge is 0.257 e. The van der Waals surface area contributed by atoms with Crippen molar-refractivity contribution in [2.75, 3.05) is 13.1 Å². The molecule has 1 amide bonds. The topological polar surface area (TPSA) is 45.2 Å². The van der Waals surface area contributed by atoms with E-state index in [0.29, 0.717) is 6.54 Å². The van der Waals surface area contributed by atoms with Crippen LogP contribution in [0.25, 0.3) is 0 Å². The highest BCUT2D eigenvalue weighted by Crippen LogP contribution is 2.20. The molecule has 3 rings (SSSR count). The minimum Gasteiger partial charge on any atom is -0.330 e. The number of halogens is 1. The maximum Gasteiger partial charge on any atom is 0.257 e. The Morgan fingerprint density at radius 3 is 2.79 bits per heavy atom. The van der Waals surface area contributed by atoms with E-state index in [-0.39, 0.29) is 17.5 Å². The second-order valence-electron chi connectivity index (χ2n) is 6.07. The zero-order valence-electron chi connectivity index (χ0n) is 13.6. The van der Waals surface area contributed by atoms with Gasteiger partial charge in [-0.25, -0.2) is 4.39 Å². The van der Waals surface area contributed by atoms with Gasteiger partial charge in [-0.05, 0) is 56.6 Å². The van der Waals surface area contributed by atoms with Gasteiger partial charge in [0.25, 0.3) is 5.91 Å². The van der Waals surface area contributed by atoms with Crippen molar-refractivity contribution in [2.24, 2.45) is 0 Å². The van der Waals surface area contributed by atoms with Gasteiger partial charge in [0.15, 0.2) is 0 Å². The van der Waals surface area contributed by atoms with Crippen LogP contribution in [-0.2, 0) is 6.54 Å². The van der Waals surface area contributed by atoms with Gasteiger partial charge in [-0.1, -0.05) is 18.2 Å². The van der Waals surface area contributed by atoms with E-state index >= 15 is 0 Å². The fraction of sp³-hybridized carbons (Fsp3) is 0.368. The molecular formula is C19H22FN3O. The summed E-state index contributed by atoms with van der Waals surface area (Å²) in [5.41, 5.74) is 0.949. The van der Waals surface area contributed by atoms with Crippen molar-refractivity contribution in [1.82, 2.24) is 15.2 Å². The number of carbonyl (C=O) groups excluding carboxylic acids is 1. The van der Waals surface area contributed by atoms with Crippen molar-refractivity contribution in [1.29, 1.82) is 0 Å². The maximum atomic E-state index is 14.1. The lowest BCUT2D eigenvalue weighted by Gasteiger charge is -2.31. The number of aromatic nitrogens is 1. The minimum absolute atomic E-state index is 0.0918. The Bertz CT molecular complexity index is 669. The van der Waals surface area contributed by atoms with Crippen LogP contribution in [0, 0.1) is 5.82 Å². The molecule has 1 fully saturated rings. The molecule has 24 heavy (non-hydrogen) atoms. The predicted octanol–water partition coefficient (Wildman–Crippen LogP) is 3.01. The highest BCUT2D eigenvalue weighted by Gasteiger charge is 2.27. The molecule has 1 saturated heterocycles. The molecule has 1 atom stereocenters. The summed E-state index contributed by atoms with van der Waals surface area (Å²) in [6.07, 6.45) is 4.51. The summed E-state index contributed by atoms with van der Waals surface area (Å²) < 4.78 is 14.1. The third kappa shape index (κ3) is 3.97. The van der Waals surface area contributed by atoms with Crippen LogP contribution in [0.15, 0.2) is 48.7 Å². The number of rotatable bonds is 4. The fourth-order valence-electron chi connectivity index (χ4n) is 3.13. The SMILES string of the molecule is O=C(c1ccccc1F)N(Cc1ccccn1)C1CCCNCC1. The Morgan fingerprint density at radius 1 is 1.17 bits per heavy atom. The molecular weight excluding hydrogens is 305 g/mol. The molecule has 0 bridgehead atoms. The summed E-state index contributed by atoms with van der Waals surface area (Å²) in [4.78, 5) is 19.1. The van der Waals surface area contributed by atoms with Crippen molar-refractivity contribution < 1.29 is 9.18 Å². The van der Waals surface area contributed by atoms with Crippen LogP contribution in [-0.4, -0.2) is 34.9 Å². The first-order chi connectivity index (χ1) is 11.8. The number of benzene rings is 1. The van der Waals surface area contributed by atoms with Crippen LogP contribution in [0.1, 0.15) is 35.3 Å². The van der Waals surface area contributed by atoms with Gasteiger partial charge in [0.1, 0.15) is 5.82 Å². The molecule has 0 aliphatic carbocycles. The van der Waals surface area contributed by atoms with Crippen molar-refractivity contribution in [2.45, 2.75) is 31.8 Å². The molecule has 4 nitrogen and oxygen atoms in total. The monoisotopic (exact) mass is 327 g/mol. The van der Waals surface area contributed by atoms with Gasteiger partial charge < -0.3 is 10.2 Å². The summed E-state index contributed by atoms with van der Waals surface area (Å²) in [7, 11) is 0. The van der Waals surface area contributed by atoms with E-state index in [1.165, 1.54) is 6.07 Å². The van der Waals surface area contributed by atoms with E-state index in [0.717, 1.165) is 38.0 Å². The highest BCUT2D eigenvalue weighted by atomic mass is 19.1. The van der Waals surface area contributed by atoms with Crippen molar-refractivity contribution >= 4 is 5.91 Å². The Labute approximate surface area is 141 Å². The van der Waals surface area contributed by atoms with E-state index < -0.39 is 5.82 Å². The molecule has 2 aromatic rings. The van der Waals surface area contributed by atoms with Crippen LogP contribution in [0.3, 0.4) is 0 Å². The zero-order valence-corrected chi connectivity index (χ0v) is 13.6. The van der Waals surface area contributed by atoms with Gasteiger partial charge in [-0.2, -0.15) is 0 Å². The lowest BCUT2D eigenvalue weighted by atomic mass is 10.0. The average Bonchev–Trinajstić information content (AvgIpc) is 2.90. The van der Waals surface area contributed by atoms with Gasteiger partial charge in [-0.3, -0.25) is 9.78 Å². The van der Waals surface area contributed by atoms with Crippen LogP contribution in [0.4, 0.5) is 4.39 Å². The number of hydrogen-bond donors (Lipinski definition) is 1. The van der Waals surface area contributed by atoms with E-state index in [2.05, 4.69) is 10.3 Å². The number of pyridine rings is 1. The van der Waals surface area contributed by atoms with Crippen molar-refractivity contribution in [3.05, 3.63) is 65.7 Å². The molecule has 1 aliphatic heterocycles. The number of amides is 1. The Hall–Kier alpha value is -2.27. The molecule has 2 heterocycles. The number of nitrogens with one attached hydrogen (secondary N) is 1. The number of hydrogen-bond acceptors (Lipinski definition) is 3. The summed E-state index contributed by atoms with van der Waals surface area (Å²) in [5.74, 6) is -0.731. The lowest BCUT2D eigenvalue weighted by molar-refractivity contribution is 0.0637. The van der Waals surface area contributed by atoms with E-state index in [9.17, 15) is 9.18 Å². The molecule has 1 N–H and O–H groups in total. The van der Waals surface area contributed by atoms with Crippen LogP contribution in [0.5, 0.6) is 0 Å². The van der Waals surface area contributed by atoms with Crippen LogP contribution in [0.2, 0.25) is 0 Å². The molecule has 1 aromatic heterocycles. The maximum absolute atomic E-state index is 14.1. The molecule has 1 aromatic carbocycles. The quantitative estimate of drug-likeness (QED) is 0.939.